The van der Waals surface area contributed by atoms with Gasteiger partial charge in [0.25, 0.3) is 5.91 Å². The van der Waals surface area contributed by atoms with Gasteiger partial charge in [-0.2, -0.15) is 0 Å². The molecular formula is C18H19FN2O. The quantitative estimate of drug-likeness (QED) is 0.870. The highest BCUT2D eigenvalue weighted by Crippen LogP contribution is 2.12. The fraction of sp³-hybridized carbons (Fsp3) is 0.278. The molecule has 0 saturated carbocycles. The molecule has 4 heteroatoms. The van der Waals surface area contributed by atoms with E-state index in [0.717, 1.165) is 19.6 Å². The average Bonchev–Trinajstić information content (AvgIpc) is 2.56. The summed E-state index contributed by atoms with van der Waals surface area (Å²) >= 11 is 0. The van der Waals surface area contributed by atoms with Gasteiger partial charge in [0.2, 0.25) is 0 Å². The summed E-state index contributed by atoms with van der Waals surface area (Å²) in [6.07, 6.45) is 0. The van der Waals surface area contributed by atoms with Crippen LogP contribution in [0.4, 0.5) is 4.39 Å². The highest BCUT2D eigenvalue weighted by atomic mass is 19.1. The summed E-state index contributed by atoms with van der Waals surface area (Å²) in [5.41, 5.74) is 1.71. The van der Waals surface area contributed by atoms with Crippen LogP contribution in [0.2, 0.25) is 0 Å². The molecule has 0 atom stereocenters. The topological polar surface area (TPSA) is 23.6 Å². The van der Waals surface area contributed by atoms with E-state index in [0.29, 0.717) is 18.7 Å². The van der Waals surface area contributed by atoms with Crippen LogP contribution in [-0.2, 0) is 6.54 Å². The number of amides is 1. The predicted octanol–water partition coefficient (Wildman–Crippen LogP) is 2.78. The molecule has 2 aromatic rings. The molecule has 0 aliphatic carbocycles. The summed E-state index contributed by atoms with van der Waals surface area (Å²) in [5, 5.41) is 0. The molecule has 1 aliphatic heterocycles. The van der Waals surface area contributed by atoms with Crippen LogP contribution in [0.25, 0.3) is 0 Å². The molecule has 0 radical (unpaired) electrons. The van der Waals surface area contributed by atoms with Crippen molar-refractivity contribution in [3.05, 3.63) is 71.5 Å². The molecule has 114 valence electrons. The van der Waals surface area contributed by atoms with Crippen LogP contribution in [-0.4, -0.2) is 41.9 Å². The number of halogens is 1. The maximum absolute atomic E-state index is 13.2. The van der Waals surface area contributed by atoms with Gasteiger partial charge in [-0.3, -0.25) is 9.69 Å². The van der Waals surface area contributed by atoms with Crippen LogP contribution in [0.1, 0.15) is 15.9 Å². The third-order valence-electron chi connectivity index (χ3n) is 3.98. The Kier molecular flexibility index (Phi) is 4.49. The van der Waals surface area contributed by atoms with Crippen LogP contribution in [0.15, 0.2) is 54.6 Å². The summed E-state index contributed by atoms with van der Waals surface area (Å²) in [6, 6.07) is 16.2. The van der Waals surface area contributed by atoms with Crippen LogP contribution in [0.3, 0.4) is 0 Å². The third kappa shape index (κ3) is 3.52. The molecule has 0 N–H and O–H groups in total. The van der Waals surface area contributed by atoms with Crippen molar-refractivity contribution in [3.63, 3.8) is 0 Å². The first kappa shape index (κ1) is 14.7. The van der Waals surface area contributed by atoms with Crippen LogP contribution >= 0.6 is 0 Å². The number of hydrogen-bond donors (Lipinski definition) is 0. The Bertz CT molecular complexity index is 637. The van der Waals surface area contributed by atoms with Gasteiger partial charge >= 0.3 is 0 Å². The Morgan fingerprint density at radius 3 is 2.36 bits per heavy atom. The fourth-order valence-corrected chi connectivity index (χ4v) is 2.75. The zero-order valence-electron chi connectivity index (χ0n) is 12.4. The zero-order valence-corrected chi connectivity index (χ0v) is 12.4. The minimum atomic E-state index is -0.367. The molecular weight excluding hydrogens is 279 g/mol. The van der Waals surface area contributed by atoms with Gasteiger partial charge in [-0.15, -0.1) is 0 Å². The van der Waals surface area contributed by atoms with Crippen molar-refractivity contribution in [1.29, 1.82) is 0 Å². The van der Waals surface area contributed by atoms with Crippen molar-refractivity contribution in [2.24, 2.45) is 0 Å². The van der Waals surface area contributed by atoms with Gasteiger partial charge < -0.3 is 4.90 Å². The molecule has 0 aromatic heterocycles. The van der Waals surface area contributed by atoms with Crippen molar-refractivity contribution in [2.45, 2.75) is 6.54 Å². The number of hydrogen-bond acceptors (Lipinski definition) is 2. The fourth-order valence-electron chi connectivity index (χ4n) is 2.75. The van der Waals surface area contributed by atoms with Crippen molar-refractivity contribution in [2.75, 3.05) is 26.2 Å². The first-order valence-corrected chi connectivity index (χ1v) is 7.53. The van der Waals surface area contributed by atoms with Crippen molar-refractivity contribution in [3.8, 4) is 0 Å². The standard InChI is InChI=1S/C18H19FN2O/c19-17-8-4-7-16(13-17)18(22)21-11-9-20(10-12-21)14-15-5-2-1-3-6-15/h1-8,13H,9-12,14H2. The molecule has 22 heavy (non-hydrogen) atoms. The monoisotopic (exact) mass is 298 g/mol. The number of nitrogens with zero attached hydrogens (tertiary/aromatic N) is 2. The number of carbonyl (C=O) groups excluding carboxylic acids is 1. The third-order valence-corrected chi connectivity index (χ3v) is 3.98. The van der Waals surface area contributed by atoms with E-state index >= 15 is 0 Å². The second-order valence-electron chi connectivity index (χ2n) is 5.56. The normalized spacial score (nSPS) is 15.8. The van der Waals surface area contributed by atoms with Gasteiger partial charge in [0.15, 0.2) is 0 Å². The number of piperazine rings is 1. The Balaban J connectivity index is 1.56. The molecule has 1 heterocycles. The molecule has 1 amide bonds. The highest BCUT2D eigenvalue weighted by molar-refractivity contribution is 5.94. The maximum atomic E-state index is 13.2. The number of benzene rings is 2. The van der Waals surface area contributed by atoms with E-state index in [2.05, 4.69) is 17.0 Å². The van der Waals surface area contributed by atoms with E-state index in [-0.39, 0.29) is 11.7 Å². The number of rotatable bonds is 3. The summed E-state index contributed by atoms with van der Waals surface area (Å²) in [4.78, 5) is 16.5. The molecule has 1 fully saturated rings. The minimum Gasteiger partial charge on any atom is -0.336 e. The zero-order chi connectivity index (χ0) is 15.4. The van der Waals surface area contributed by atoms with Gasteiger partial charge in [-0.05, 0) is 23.8 Å². The van der Waals surface area contributed by atoms with E-state index in [1.165, 1.54) is 17.7 Å². The smallest absolute Gasteiger partial charge is 0.254 e. The van der Waals surface area contributed by atoms with Crippen molar-refractivity contribution < 1.29 is 9.18 Å². The molecule has 0 unspecified atom stereocenters. The largest absolute Gasteiger partial charge is 0.336 e. The Morgan fingerprint density at radius 1 is 0.955 bits per heavy atom. The lowest BCUT2D eigenvalue weighted by Gasteiger charge is -2.34. The highest BCUT2D eigenvalue weighted by Gasteiger charge is 2.22. The average molecular weight is 298 g/mol. The molecule has 1 saturated heterocycles. The Hall–Kier alpha value is -2.20. The Labute approximate surface area is 130 Å². The SMILES string of the molecule is O=C(c1cccc(F)c1)N1CCN(Cc2ccccc2)CC1. The van der Waals surface area contributed by atoms with E-state index in [1.54, 1.807) is 17.0 Å². The summed E-state index contributed by atoms with van der Waals surface area (Å²) in [5.74, 6) is -0.451. The summed E-state index contributed by atoms with van der Waals surface area (Å²) in [6.45, 7) is 3.96. The van der Waals surface area contributed by atoms with Crippen LogP contribution < -0.4 is 0 Å². The van der Waals surface area contributed by atoms with E-state index in [4.69, 9.17) is 0 Å². The lowest BCUT2D eigenvalue weighted by molar-refractivity contribution is 0.0628. The molecule has 3 nitrogen and oxygen atoms in total. The van der Waals surface area contributed by atoms with Gasteiger partial charge in [0.1, 0.15) is 5.82 Å². The first-order valence-electron chi connectivity index (χ1n) is 7.53. The van der Waals surface area contributed by atoms with Gasteiger partial charge in [0, 0.05) is 38.3 Å². The molecule has 1 aliphatic rings. The van der Waals surface area contributed by atoms with Gasteiger partial charge in [-0.25, -0.2) is 4.39 Å². The van der Waals surface area contributed by atoms with E-state index in [9.17, 15) is 9.18 Å². The lowest BCUT2D eigenvalue weighted by Crippen LogP contribution is -2.48. The second-order valence-corrected chi connectivity index (χ2v) is 5.56. The maximum Gasteiger partial charge on any atom is 0.254 e. The Morgan fingerprint density at radius 2 is 1.68 bits per heavy atom. The summed E-state index contributed by atoms with van der Waals surface area (Å²) in [7, 11) is 0. The molecule has 0 bridgehead atoms. The van der Waals surface area contributed by atoms with Crippen LogP contribution in [0, 0.1) is 5.82 Å². The summed E-state index contributed by atoms with van der Waals surface area (Å²) < 4.78 is 13.2. The van der Waals surface area contributed by atoms with E-state index < -0.39 is 0 Å². The molecule has 0 spiro atoms. The minimum absolute atomic E-state index is 0.0844. The molecule has 3 rings (SSSR count). The van der Waals surface area contributed by atoms with Crippen molar-refractivity contribution in [1.82, 2.24) is 9.80 Å². The lowest BCUT2D eigenvalue weighted by atomic mass is 10.1. The second kappa shape index (κ2) is 6.71. The number of carbonyl (C=O) groups is 1. The van der Waals surface area contributed by atoms with Crippen LogP contribution in [0.5, 0.6) is 0 Å². The first-order chi connectivity index (χ1) is 10.7. The van der Waals surface area contributed by atoms with E-state index in [1.807, 2.05) is 18.2 Å². The van der Waals surface area contributed by atoms with Crippen molar-refractivity contribution >= 4 is 5.91 Å². The van der Waals surface area contributed by atoms with Gasteiger partial charge in [0.05, 0.1) is 0 Å². The van der Waals surface area contributed by atoms with Gasteiger partial charge in [-0.1, -0.05) is 36.4 Å². The molecule has 2 aromatic carbocycles. The predicted molar refractivity (Wildman–Crippen MR) is 84.0 cm³/mol.